The summed E-state index contributed by atoms with van der Waals surface area (Å²) in [6.45, 7) is 11.3. The zero-order valence-corrected chi connectivity index (χ0v) is 14.3. The highest BCUT2D eigenvalue weighted by atomic mass is 16.6. The summed E-state index contributed by atoms with van der Waals surface area (Å²) in [5, 5.41) is 2.92. The summed E-state index contributed by atoms with van der Waals surface area (Å²) in [5.41, 5.74) is 0.574. The molecular formula is C17H33NO3. The molecule has 1 aliphatic carbocycles. The number of carbonyl (C=O) groups is 1. The van der Waals surface area contributed by atoms with Gasteiger partial charge in [0, 0.05) is 13.2 Å². The van der Waals surface area contributed by atoms with Crippen molar-refractivity contribution in [3.05, 3.63) is 0 Å². The first-order valence-electron chi connectivity index (χ1n) is 8.35. The predicted octanol–water partition coefficient (Wildman–Crippen LogP) is 4.14. The number of hydrogen-bond donors (Lipinski definition) is 1. The molecule has 4 heteroatoms. The molecular weight excluding hydrogens is 266 g/mol. The lowest BCUT2D eigenvalue weighted by atomic mass is 9.64. The van der Waals surface area contributed by atoms with E-state index in [0.717, 1.165) is 25.9 Å². The minimum Gasteiger partial charge on any atom is -0.447 e. The largest absolute Gasteiger partial charge is 0.447 e. The van der Waals surface area contributed by atoms with E-state index in [1.54, 1.807) is 0 Å². The second-order valence-electron chi connectivity index (χ2n) is 7.46. The van der Waals surface area contributed by atoms with Gasteiger partial charge in [0.15, 0.2) is 0 Å². The van der Waals surface area contributed by atoms with E-state index in [0.29, 0.717) is 25.2 Å². The third-order valence-corrected chi connectivity index (χ3v) is 4.30. The Morgan fingerprint density at radius 2 is 1.90 bits per heavy atom. The molecule has 0 aliphatic heterocycles. The van der Waals surface area contributed by atoms with Crippen molar-refractivity contribution in [2.24, 2.45) is 10.8 Å². The van der Waals surface area contributed by atoms with Crippen LogP contribution in [0.3, 0.4) is 0 Å². The van der Waals surface area contributed by atoms with Gasteiger partial charge in [0.05, 0.1) is 6.61 Å². The molecule has 1 atom stereocenters. The Kier molecular flexibility index (Phi) is 7.50. The van der Waals surface area contributed by atoms with Crippen LogP contribution in [-0.4, -0.2) is 32.5 Å². The van der Waals surface area contributed by atoms with E-state index in [-0.39, 0.29) is 11.5 Å². The van der Waals surface area contributed by atoms with Crippen LogP contribution in [0.1, 0.15) is 66.2 Å². The maximum atomic E-state index is 11.7. The highest BCUT2D eigenvalue weighted by molar-refractivity contribution is 5.67. The van der Waals surface area contributed by atoms with E-state index < -0.39 is 0 Å². The zero-order chi connectivity index (χ0) is 15.8. The number of carbonyl (C=O) groups excluding carboxylic acids is 1. The summed E-state index contributed by atoms with van der Waals surface area (Å²) in [7, 11) is 0. The SMILES string of the molecule is CCCCOCCOC(=O)NCC1(C)CCCC(C)(C)C1. The minimum absolute atomic E-state index is 0.193. The molecule has 1 saturated carbocycles. The number of alkyl carbamates (subject to hydrolysis) is 1. The molecule has 21 heavy (non-hydrogen) atoms. The fourth-order valence-electron chi connectivity index (χ4n) is 3.36. The Morgan fingerprint density at radius 3 is 2.57 bits per heavy atom. The van der Waals surface area contributed by atoms with Gasteiger partial charge in [0.2, 0.25) is 0 Å². The fraction of sp³-hybridized carbons (Fsp3) is 0.941. The predicted molar refractivity (Wildman–Crippen MR) is 85.4 cm³/mol. The minimum atomic E-state index is -0.321. The summed E-state index contributed by atoms with van der Waals surface area (Å²) in [6, 6.07) is 0. The van der Waals surface area contributed by atoms with E-state index >= 15 is 0 Å². The van der Waals surface area contributed by atoms with Crippen LogP contribution in [0, 0.1) is 10.8 Å². The first kappa shape index (κ1) is 18.3. The smallest absolute Gasteiger partial charge is 0.407 e. The molecule has 0 aromatic heterocycles. The molecule has 1 rings (SSSR count). The summed E-state index contributed by atoms with van der Waals surface area (Å²) < 4.78 is 10.5. The monoisotopic (exact) mass is 299 g/mol. The molecule has 1 aliphatic rings. The zero-order valence-electron chi connectivity index (χ0n) is 14.3. The van der Waals surface area contributed by atoms with Gasteiger partial charge in [-0.25, -0.2) is 4.79 Å². The van der Waals surface area contributed by atoms with Crippen molar-refractivity contribution in [2.45, 2.75) is 66.2 Å². The number of unbranched alkanes of at least 4 members (excludes halogenated alkanes) is 1. The molecule has 1 unspecified atom stereocenters. The van der Waals surface area contributed by atoms with Gasteiger partial charge < -0.3 is 14.8 Å². The van der Waals surface area contributed by atoms with Crippen molar-refractivity contribution in [1.29, 1.82) is 0 Å². The van der Waals surface area contributed by atoms with Gasteiger partial charge in [-0.3, -0.25) is 0 Å². The third-order valence-electron chi connectivity index (χ3n) is 4.30. The van der Waals surface area contributed by atoms with Crippen LogP contribution in [-0.2, 0) is 9.47 Å². The van der Waals surface area contributed by atoms with Crippen molar-refractivity contribution in [1.82, 2.24) is 5.32 Å². The molecule has 1 fully saturated rings. The van der Waals surface area contributed by atoms with Crippen molar-refractivity contribution >= 4 is 6.09 Å². The highest BCUT2D eigenvalue weighted by Gasteiger charge is 2.36. The molecule has 124 valence electrons. The van der Waals surface area contributed by atoms with Crippen LogP contribution >= 0.6 is 0 Å². The van der Waals surface area contributed by atoms with E-state index in [1.165, 1.54) is 19.3 Å². The number of amides is 1. The molecule has 0 aromatic rings. The molecule has 0 saturated heterocycles. The summed E-state index contributed by atoms with van der Waals surface area (Å²) >= 11 is 0. The van der Waals surface area contributed by atoms with Crippen LogP contribution < -0.4 is 5.32 Å². The van der Waals surface area contributed by atoms with Crippen LogP contribution in [0.5, 0.6) is 0 Å². The summed E-state index contributed by atoms with van der Waals surface area (Å²) in [4.78, 5) is 11.7. The molecule has 1 N–H and O–H groups in total. The third kappa shape index (κ3) is 7.70. The quantitative estimate of drug-likeness (QED) is 0.685. The van der Waals surface area contributed by atoms with Crippen molar-refractivity contribution in [2.75, 3.05) is 26.4 Å². The molecule has 0 spiro atoms. The molecule has 0 bridgehead atoms. The number of nitrogens with one attached hydrogen (secondary N) is 1. The number of ether oxygens (including phenoxy) is 2. The van der Waals surface area contributed by atoms with Gasteiger partial charge in [0.25, 0.3) is 0 Å². The maximum absolute atomic E-state index is 11.7. The Labute approximate surface area is 130 Å². The second kappa shape index (κ2) is 8.62. The molecule has 4 nitrogen and oxygen atoms in total. The highest BCUT2D eigenvalue weighted by Crippen LogP contribution is 2.45. The van der Waals surface area contributed by atoms with Gasteiger partial charge in [-0.05, 0) is 36.5 Å². The first-order valence-corrected chi connectivity index (χ1v) is 8.35. The maximum Gasteiger partial charge on any atom is 0.407 e. The normalized spacial score (nSPS) is 24.6. The number of hydrogen-bond acceptors (Lipinski definition) is 3. The average Bonchev–Trinajstić information content (AvgIpc) is 2.39. The lowest BCUT2D eigenvalue weighted by Crippen LogP contribution is -2.41. The Balaban J connectivity index is 2.14. The van der Waals surface area contributed by atoms with E-state index in [1.807, 2.05) is 0 Å². The fourth-order valence-corrected chi connectivity index (χ4v) is 3.36. The van der Waals surface area contributed by atoms with Gasteiger partial charge >= 0.3 is 6.09 Å². The lowest BCUT2D eigenvalue weighted by Gasteiger charge is -2.42. The average molecular weight is 299 g/mol. The second-order valence-corrected chi connectivity index (χ2v) is 7.46. The van der Waals surface area contributed by atoms with Crippen LogP contribution in [0.2, 0.25) is 0 Å². The topological polar surface area (TPSA) is 47.6 Å². The molecule has 1 amide bonds. The van der Waals surface area contributed by atoms with Crippen LogP contribution in [0.15, 0.2) is 0 Å². The summed E-state index contributed by atoms with van der Waals surface area (Å²) in [5.74, 6) is 0. The Hall–Kier alpha value is -0.770. The van der Waals surface area contributed by atoms with E-state index in [9.17, 15) is 4.79 Å². The standard InChI is InChI=1S/C17H33NO3/c1-5-6-10-20-11-12-21-15(19)18-14-17(4)9-7-8-16(2,3)13-17/h5-14H2,1-4H3,(H,18,19). The Bertz CT molecular complexity index is 317. The van der Waals surface area contributed by atoms with Gasteiger partial charge in [-0.15, -0.1) is 0 Å². The van der Waals surface area contributed by atoms with Crippen molar-refractivity contribution in [3.63, 3.8) is 0 Å². The van der Waals surface area contributed by atoms with Crippen molar-refractivity contribution in [3.8, 4) is 0 Å². The molecule has 0 heterocycles. The van der Waals surface area contributed by atoms with Crippen LogP contribution in [0.4, 0.5) is 4.79 Å². The molecule has 0 radical (unpaired) electrons. The van der Waals surface area contributed by atoms with Gasteiger partial charge in [-0.1, -0.05) is 40.5 Å². The van der Waals surface area contributed by atoms with E-state index in [4.69, 9.17) is 9.47 Å². The van der Waals surface area contributed by atoms with Crippen molar-refractivity contribution < 1.29 is 14.3 Å². The summed E-state index contributed by atoms with van der Waals surface area (Å²) in [6.07, 6.45) is 6.71. The van der Waals surface area contributed by atoms with E-state index in [2.05, 4.69) is 33.0 Å². The van der Waals surface area contributed by atoms with Gasteiger partial charge in [-0.2, -0.15) is 0 Å². The number of rotatable bonds is 8. The lowest BCUT2D eigenvalue weighted by molar-refractivity contribution is 0.0644. The first-order chi connectivity index (χ1) is 9.87. The molecule has 0 aromatic carbocycles. The van der Waals surface area contributed by atoms with Crippen LogP contribution in [0.25, 0.3) is 0 Å². The van der Waals surface area contributed by atoms with Gasteiger partial charge in [0.1, 0.15) is 6.61 Å². The Morgan fingerprint density at radius 1 is 1.14 bits per heavy atom.